The van der Waals surface area contributed by atoms with Crippen LogP contribution < -0.4 is 0 Å². The Balaban J connectivity index is 2.70. The van der Waals surface area contributed by atoms with Crippen molar-refractivity contribution in [2.24, 2.45) is 0 Å². The van der Waals surface area contributed by atoms with Crippen molar-refractivity contribution in [3.63, 3.8) is 0 Å². The van der Waals surface area contributed by atoms with Gasteiger partial charge in [0.25, 0.3) is 5.82 Å². The zero-order chi connectivity index (χ0) is 9.90. The molecule has 0 unspecified atom stereocenters. The normalized spacial score (nSPS) is 11.2. The van der Waals surface area contributed by atoms with Crippen molar-refractivity contribution in [2.75, 3.05) is 7.11 Å². The number of nitriles is 1. The van der Waals surface area contributed by atoms with E-state index in [1.807, 2.05) is 19.9 Å². The van der Waals surface area contributed by atoms with Crippen molar-refractivity contribution in [2.45, 2.75) is 26.0 Å². The predicted molar refractivity (Wildman–Crippen MR) is 45.8 cm³/mol. The molecule has 0 saturated carbocycles. The second kappa shape index (κ2) is 3.54. The van der Waals surface area contributed by atoms with E-state index in [0.717, 1.165) is 0 Å². The molecule has 5 heteroatoms. The highest BCUT2D eigenvalue weighted by molar-refractivity contribution is 5.05. The van der Waals surface area contributed by atoms with Gasteiger partial charge < -0.3 is 4.74 Å². The molecule has 1 aromatic heterocycles. The second-order valence-electron chi connectivity index (χ2n) is 3.34. The Labute approximate surface area is 77.0 Å². The standard InChI is InChI=1S/C8H12N4O/c1-8(2,13-3)5-12-6-10-7(4-9)11-12/h6H,5H2,1-3H3. The zero-order valence-corrected chi connectivity index (χ0v) is 7.98. The molecule has 0 amide bonds. The minimum absolute atomic E-state index is 0.187. The van der Waals surface area contributed by atoms with Crippen molar-refractivity contribution < 1.29 is 4.74 Å². The van der Waals surface area contributed by atoms with Crippen LogP contribution in [0.4, 0.5) is 0 Å². The maximum atomic E-state index is 8.49. The third-order valence-corrected chi connectivity index (χ3v) is 1.73. The Morgan fingerprint density at radius 1 is 1.69 bits per heavy atom. The number of ether oxygens (including phenoxy) is 1. The van der Waals surface area contributed by atoms with Crippen molar-refractivity contribution in [1.82, 2.24) is 14.8 Å². The fourth-order valence-electron chi connectivity index (χ4n) is 0.877. The monoisotopic (exact) mass is 180 g/mol. The fourth-order valence-corrected chi connectivity index (χ4v) is 0.877. The average molecular weight is 180 g/mol. The summed E-state index contributed by atoms with van der Waals surface area (Å²) in [4.78, 5) is 3.79. The predicted octanol–water partition coefficient (Wildman–Crippen LogP) is 0.575. The van der Waals surface area contributed by atoms with Gasteiger partial charge in [0.2, 0.25) is 0 Å². The van der Waals surface area contributed by atoms with E-state index in [0.29, 0.717) is 6.54 Å². The Kier molecular flexibility index (Phi) is 2.63. The van der Waals surface area contributed by atoms with Crippen molar-refractivity contribution >= 4 is 0 Å². The SMILES string of the molecule is COC(C)(C)Cn1cnc(C#N)n1. The van der Waals surface area contributed by atoms with E-state index in [2.05, 4.69) is 10.1 Å². The Hall–Kier alpha value is -1.41. The van der Waals surface area contributed by atoms with Crippen LogP contribution in [0, 0.1) is 11.3 Å². The lowest BCUT2D eigenvalue weighted by Crippen LogP contribution is -2.29. The molecule has 1 aromatic rings. The van der Waals surface area contributed by atoms with Gasteiger partial charge in [0.05, 0.1) is 12.1 Å². The highest BCUT2D eigenvalue weighted by Crippen LogP contribution is 2.09. The topological polar surface area (TPSA) is 63.7 Å². The molecule has 0 aliphatic rings. The summed E-state index contributed by atoms with van der Waals surface area (Å²) in [5, 5.41) is 12.4. The van der Waals surface area contributed by atoms with E-state index in [1.165, 1.54) is 6.33 Å². The van der Waals surface area contributed by atoms with E-state index in [4.69, 9.17) is 10.00 Å². The first-order valence-corrected chi connectivity index (χ1v) is 3.92. The van der Waals surface area contributed by atoms with Crippen LogP contribution in [0.15, 0.2) is 6.33 Å². The number of nitrogens with zero attached hydrogens (tertiary/aromatic N) is 4. The van der Waals surface area contributed by atoms with Crippen molar-refractivity contribution in [1.29, 1.82) is 5.26 Å². The molecule has 5 nitrogen and oxygen atoms in total. The van der Waals surface area contributed by atoms with Gasteiger partial charge in [0.1, 0.15) is 12.4 Å². The van der Waals surface area contributed by atoms with Gasteiger partial charge in [0.15, 0.2) is 0 Å². The van der Waals surface area contributed by atoms with E-state index in [1.54, 1.807) is 11.8 Å². The van der Waals surface area contributed by atoms with Crippen molar-refractivity contribution in [3.05, 3.63) is 12.2 Å². The van der Waals surface area contributed by atoms with Crippen molar-refractivity contribution in [3.8, 4) is 6.07 Å². The maximum Gasteiger partial charge on any atom is 0.252 e. The molecule has 1 heterocycles. The lowest BCUT2D eigenvalue weighted by Gasteiger charge is -2.21. The molecule has 0 aliphatic carbocycles. The van der Waals surface area contributed by atoms with Crippen LogP contribution in [-0.4, -0.2) is 27.5 Å². The van der Waals surface area contributed by atoms with Gasteiger partial charge >= 0.3 is 0 Å². The first-order valence-electron chi connectivity index (χ1n) is 3.92. The largest absolute Gasteiger partial charge is 0.377 e. The minimum atomic E-state index is -0.291. The van der Waals surface area contributed by atoms with Gasteiger partial charge in [-0.05, 0) is 13.8 Å². The Morgan fingerprint density at radius 2 is 2.38 bits per heavy atom. The molecule has 0 aromatic carbocycles. The molecule has 0 fully saturated rings. The summed E-state index contributed by atoms with van der Waals surface area (Å²) < 4.78 is 6.81. The van der Waals surface area contributed by atoms with Gasteiger partial charge in [-0.25, -0.2) is 9.67 Å². The molecule has 0 aliphatic heterocycles. The van der Waals surface area contributed by atoms with E-state index >= 15 is 0 Å². The molecule has 70 valence electrons. The summed E-state index contributed by atoms with van der Waals surface area (Å²) in [6, 6.07) is 1.87. The summed E-state index contributed by atoms with van der Waals surface area (Å²) in [5.41, 5.74) is -0.291. The summed E-state index contributed by atoms with van der Waals surface area (Å²) in [6.45, 7) is 4.47. The summed E-state index contributed by atoms with van der Waals surface area (Å²) in [5.74, 6) is 0.187. The summed E-state index contributed by atoms with van der Waals surface area (Å²) in [6.07, 6.45) is 1.53. The van der Waals surface area contributed by atoms with E-state index in [9.17, 15) is 0 Å². The number of rotatable bonds is 3. The van der Waals surface area contributed by atoms with E-state index in [-0.39, 0.29) is 11.4 Å². The quantitative estimate of drug-likeness (QED) is 0.682. The van der Waals surface area contributed by atoms with Crippen LogP contribution in [0.5, 0.6) is 0 Å². The molecule has 13 heavy (non-hydrogen) atoms. The summed E-state index contributed by atoms with van der Waals surface area (Å²) in [7, 11) is 1.64. The lowest BCUT2D eigenvalue weighted by atomic mass is 10.1. The molecule has 0 saturated heterocycles. The Morgan fingerprint density at radius 3 is 2.85 bits per heavy atom. The molecule has 0 bridgehead atoms. The highest BCUT2D eigenvalue weighted by Gasteiger charge is 2.17. The van der Waals surface area contributed by atoms with Crippen LogP contribution in [0.3, 0.4) is 0 Å². The van der Waals surface area contributed by atoms with Crippen LogP contribution in [0.25, 0.3) is 0 Å². The van der Waals surface area contributed by atoms with Crippen LogP contribution >= 0.6 is 0 Å². The third kappa shape index (κ3) is 2.53. The number of hydrogen-bond acceptors (Lipinski definition) is 4. The molecule has 0 spiro atoms. The Bertz CT molecular complexity index is 323. The number of aromatic nitrogens is 3. The lowest BCUT2D eigenvalue weighted by molar-refractivity contribution is 0.00532. The maximum absolute atomic E-state index is 8.49. The molecular formula is C8H12N4O. The molecule has 0 atom stereocenters. The molecule has 1 rings (SSSR count). The smallest absolute Gasteiger partial charge is 0.252 e. The van der Waals surface area contributed by atoms with E-state index < -0.39 is 0 Å². The number of hydrogen-bond donors (Lipinski definition) is 0. The first-order chi connectivity index (χ1) is 6.07. The van der Waals surface area contributed by atoms with Gasteiger partial charge in [-0.15, -0.1) is 5.10 Å². The van der Waals surface area contributed by atoms with Gasteiger partial charge in [-0.2, -0.15) is 5.26 Å². The van der Waals surface area contributed by atoms with Crippen LogP contribution in [0.1, 0.15) is 19.7 Å². The molecule has 0 N–H and O–H groups in total. The molecular weight excluding hydrogens is 168 g/mol. The van der Waals surface area contributed by atoms with Crippen LogP contribution in [0.2, 0.25) is 0 Å². The minimum Gasteiger partial charge on any atom is -0.377 e. The second-order valence-corrected chi connectivity index (χ2v) is 3.34. The first kappa shape index (κ1) is 9.68. The van der Waals surface area contributed by atoms with Gasteiger partial charge in [-0.3, -0.25) is 0 Å². The van der Waals surface area contributed by atoms with Crippen LogP contribution in [-0.2, 0) is 11.3 Å². The van der Waals surface area contributed by atoms with Gasteiger partial charge in [0, 0.05) is 7.11 Å². The molecule has 0 radical (unpaired) electrons. The highest BCUT2D eigenvalue weighted by atomic mass is 16.5. The average Bonchev–Trinajstić information content (AvgIpc) is 2.52. The summed E-state index contributed by atoms with van der Waals surface area (Å²) >= 11 is 0. The third-order valence-electron chi connectivity index (χ3n) is 1.73. The fraction of sp³-hybridized carbons (Fsp3) is 0.625. The zero-order valence-electron chi connectivity index (χ0n) is 7.98. The van der Waals surface area contributed by atoms with Gasteiger partial charge in [-0.1, -0.05) is 0 Å². The number of methoxy groups -OCH3 is 1.